The van der Waals surface area contributed by atoms with Crippen LogP contribution in [0.4, 0.5) is 0 Å². The molecule has 0 bridgehead atoms. The summed E-state index contributed by atoms with van der Waals surface area (Å²) in [5.41, 5.74) is 2.30. The predicted octanol–water partition coefficient (Wildman–Crippen LogP) is 2.67. The summed E-state index contributed by atoms with van der Waals surface area (Å²) in [5, 5.41) is 3.43. The number of nitrogens with zero attached hydrogens (tertiary/aromatic N) is 2. The highest BCUT2D eigenvalue weighted by molar-refractivity contribution is 5.11. The topological polar surface area (TPSA) is 28.2 Å². The molecule has 1 N–H and O–H groups in total. The molecule has 0 spiro atoms. The Balaban J connectivity index is 2.46. The normalized spacial score (nSPS) is 11.4. The van der Waals surface area contributed by atoms with Crippen LogP contribution in [0.3, 0.4) is 0 Å². The second-order valence-corrected chi connectivity index (χ2v) is 5.38. The molecule has 102 valence electrons. The minimum atomic E-state index is 0.684. The summed E-state index contributed by atoms with van der Waals surface area (Å²) in [6.07, 6.45) is 1.19. The van der Waals surface area contributed by atoms with Crippen LogP contribution in [0.2, 0.25) is 0 Å². The Hall–Kier alpha value is -0.930. The molecule has 0 saturated carbocycles. The van der Waals surface area contributed by atoms with E-state index < -0.39 is 0 Å². The predicted molar refractivity (Wildman–Crippen MR) is 77.4 cm³/mol. The lowest BCUT2D eigenvalue weighted by atomic mass is 10.2. The van der Waals surface area contributed by atoms with Crippen molar-refractivity contribution in [1.82, 2.24) is 15.2 Å². The minimum absolute atomic E-state index is 0.684. The van der Waals surface area contributed by atoms with E-state index in [2.05, 4.69) is 61.2 Å². The second kappa shape index (κ2) is 8.22. The average Bonchev–Trinajstić information content (AvgIpc) is 2.29. The van der Waals surface area contributed by atoms with Crippen molar-refractivity contribution in [3.05, 3.63) is 29.6 Å². The maximum atomic E-state index is 4.69. The lowest BCUT2D eigenvalue weighted by Gasteiger charge is -2.15. The van der Waals surface area contributed by atoms with Gasteiger partial charge in [0, 0.05) is 13.1 Å². The van der Waals surface area contributed by atoms with Crippen LogP contribution in [-0.2, 0) is 13.1 Å². The Bertz CT molecular complexity index is 336. The fourth-order valence-electron chi connectivity index (χ4n) is 1.94. The smallest absolute Gasteiger partial charge is 0.0547 e. The Labute approximate surface area is 112 Å². The summed E-state index contributed by atoms with van der Waals surface area (Å²) < 4.78 is 0. The molecule has 1 rings (SSSR count). The van der Waals surface area contributed by atoms with Crippen molar-refractivity contribution >= 4 is 0 Å². The van der Waals surface area contributed by atoms with Gasteiger partial charge in [0.1, 0.15) is 0 Å². The Kier molecular flexibility index (Phi) is 6.91. The van der Waals surface area contributed by atoms with Gasteiger partial charge in [-0.05, 0) is 44.6 Å². The third kappa shape index (κ3) is 6.12. The zero-order chi connectivity index (χ0) is 13.4. The molecule has 0 aliphatic carbocycles. The van der Waals surface area contributed by atoms with E-state index >= 15 is 0 Å². The van der Waals surface area contributed by atoms with Crippen molar-refractivity contribution < 1.29 is 0 Å². The summed E-state index contributed by atoms with van der Waals surface area (Å²) in [6, 6.07) is 6.31. The van der Waals surface area contributed by atoms with Gasteiger partial charge in [0.25, 0.3) is 0 Å². The highest BCUT2D eigenvalue weighted by Crippen LogP contribution is 2.03. The van der Waals surface area contributed by atoms with Crippen LogP contribution in [0.15, 0.2) is 18.2 Å². The number of pyridine rings is 1. The molecule has 0 aromatic carbocycles. The summed E-state index contributed by atoms with van der Waals surface area (Å²) in [7, 11) is 2.15. The maximum Gasteiger partial charge on any atom is 0.0547 e. The van der Waals surface area contributed by atoms with E-state index in [-0.39, 0.29) is 0 Å². The third-order valence-corrected chi connectivity index (χ3v) is 2.76. The SMILES string of the molecule is CCCN(C)Cc1cccc(CNCC(C)C)n1. The number of nitrogens with one attached hydrogen (secondary N) is 1. The van der Waals surface area contributed by atoms with Crippen molar-refractivity contribution in [2.24, 2.45) is 5.92 Å². The van der Waals surface area contributed by atoms with E-state index in [0.29, 0.717) is 5.92 Å². The van der Waals surface area contributed by atoms with Crippen molar-refractivity contribution in [1.29, 1.82) is 0 Å². The van der Waals surface area contributed by atoms with Gasteiger partial charge >= 0.3 is 0 Å². The molecule has 0 amide bonds. The molecule has 0 unspecified atom stereocenters. The lowest BCUT2D eigenvalue weighted by Crippen LogP contribution is -2.21. The first kappa shape index (κ1) is 15.1. The number of hydrogen-bond acceptors (Lipinski definition) is 3. The highest BCUT2D eigenvalue weighted by Gasteiger charge is 2.02. The Morgan fingerprint density at radius 2 is 2.00 bits per heavy atom. The van der Waals surface area contributed by atoms with Gasteiger partial charge < -0.3 is 10.2 Å². The molecule has 1 heterocycles. The monoisotopic (exact) mass is 249 g/mol. The molecule has 3 heteroatoms. The van der Waals surface area contributed by atoms with E-state index in [4.69, 9.17) is 0 Å². The summed E-state index contributed by atoms with van der Waals surface area (Å²) >= 11 is 0. The zero-order valence-corrected chi connectivity index (χ0v) is 12.2. The minimum Gasteiger partial charge on any atom is -0.311 e. The molecule has 1 aromatic rings. The summed E-state index contributed by atoms with van der Waals surface area (Å²) in [6.45, 7) is 10.6. The molecule has 1 aromatic heterocycles. The van der Waals surface area contributed by atoms with Crippen LogP contribution in [0.25, 0.3) is 0 Å². The molecule has 0 radical (unpaired) electrons. The van der Waals surface area contributed by atoms with E-state index in [0.717, 1.165) is 37.6 Å². The van der Waals surface area contributed by atoms with Crippen molar-refractivity contribution in [2.45, 2.75) is 40.3 Å². The van der Waals surface area contributed by atoms with Gasteiger partial charge in [-0.25, -0.2) is 0 Å². The highest BCUT2D eigenvalue weighted by atomic mass is 15.1. The Morgan fingerprint density at radius 1 is 1.28 bits per heavy atom. The van der Waals surface area contributed by atoms with Crippen molar-refractivity contribution in [3.8, 4) is 0 Å². The Morgan fingerprint density at radius 3 is 2.67 bits per heavy atom. The molecule has 3 nitrogen and oxygen atoms in total. The first-order chi connectivity index (χ1) is 8.61. The van der Waals surface area contributed by atoms with Crippen LogP contribution in [-0.4, -0.2) is 30.0 Å². The van der Waals surface area contributed by atoms with Crippen molar-refractivity contribution in [2.75, 3.05) is 20.1 Å². The van der Waals surface area contributed by atoms with E-state index in [1.165, 1.54) is 6.42 Å². The second-order valence-electron chi connectivity index (χ2n) is 5.38. The van der Waals surface area contributed by atoms with Gasteiger partial charge in [-0.15, -0.1) is 0 Å². The maximum absolute atomic E-state index is 4.69. The zero-order valence-electron chi connectivity index (χ0n) is 12.2. The van der Waals surface area contributed by atoms with Crippen LogP contribution in [0.1, 0.15) is 38.6 Å². The quantitative estimate of drug-likeness (QED) is 0.768. The first-order valence-corrected chi connectivity index (χ1v) is 6.96. The molecular weight excluding hydrogens is 222 g/mol. The molecule has 0 aliphatic heterocycles. The largest absolute Gasteiger partial charge is 0.311 e. The number of rotatable bonds is 8. The standard InChI is InChI=1S/C15H27N3/c1-5-9-18(4)12-15-8-6-7-14(17-15)11-16-10-13(2)3/h6-8,13,16H,5,9-12H2,1-4H3. The van der Waals surface area contributed by atoms with Gasteiger partial charge in [0.2, 0.25) is 0 Å². The van der Waals surface area contributed by atoms with Crippen LogP contribution >= 0.6 is 0 Å². The molecule has 18 heavy (non-hydrogen) atoms. The third-order valence-electron chi connectivity index (χ3n) is 2.76. The lowest BCUT2D eigenvalue weighted by molar-refractivity contribution is 0.323. The van der Waals surface area contributed by atoms with Gasteiger partial charge in [-0.2, -0.15) is 0 Å². The van der Waals surface area contributed by atoms with Crippen LogP contribution in [0, 0.1) is 5.92 Å². The molecule has 0 aliphatic rings. The van der Waals surface area contributed by atoms with Gasteiger partial charge in [-0.1, -0.05) is 26.8 Å². The molecule has 0 fully saturated rings. The fraction of sp³-hybridized carbons (Fsp3) is 0.667. The first-order valence-electron chi connectivity index (χ1n) is 6.96. The van der Waals surface area contributed by atoms with E-state index in [1.54, 1.807) is 0 Å². The van der Waals surface area contributed by atoms with Crippen LogP contribution in [0.5, 0.6) is 0 Å². The summed E-state index contributed by atoms with van der Waals surface area (Å²) in [4.78, 5) is 7.00. The number of aromatic nitrogens is 1. The van der Waals surface area contributed by atoms with Crippen LogP contribution < -0.4 is 5.32 Å². The van der Waals surface area contributed by atoms with Crippen molar-refractivity contribution in [3.63, 3.8) is 0 Å². The van der Waals surface area contributed by atoms with E-state index in [1.807, 2.05) is 0 Å². The molecular formula is C15H27N3. The fourth-order valence-corrected chi connectivity index (χ4v) is 1.94. The number of hydrogen-bond donors (Lipinski definition) is 1. The average molecular weight is 249 g/mol. The van der Waals surface area contributed by atoms with Gasteiger partial charge in [0.15, 0.2) is 0 Å². The van der Waals surface area contributed by atoms with Gasteiger partial charge in [-0.3, -0.25) is 4.98 Å². The molecule has 0 atom stereocenters. The van der Waals surface area contributed by atoms with E-state index in [9.17, 15) is 0 Å². The molecule has 0 saturated heterocycles. The van der Waals surface area contributed by atoms with Gasteiger partial charge in [0.05, 0.1) is 11.4 Å². The summed E-state index contributed by atoms with van der Waals surface area (Å²) in [5.74, 6) is 0.684.